The van der Waals surface area contributed by atoms with Crippen LogP contribution in [-0.4, -0.2) is 18.3 Å². The molecule has 0 saturated carbocycles. The number of carbonyl (C=O) groups is 1. The van der Waals surface area contributed by atoms with Crippen molar-refractivity contribution in [3.63, 3.8) is 0 Å². The third-order valence-corrected chi connectivity index (χ3v) is 3.07. The van der Waals surface area contributed by atoms with E-state index in [1.165, 1.54) is 0 Å². The van der Waals surface area contributed by atoms with E-state index in [0.717, 1.165) is 11.4 Å². The van der Waals surface area contributed by atoms with Crippen LogP contribution in [0.2, 0.25) is 0 Å². The lowest BCUT2D eigenvalue weighted by Crippen LogP contribution is -2.14. The van der Waals surface area contributed by atoms with Crippen LogP contribution in [0.25, 0.3) is 0 Å². The topological polar surface area (TPSA) is 33.2 Å². The number of hydrogen-bond acceptors (Lipinski definition) is 3. The summed E-state index contributed by atoms with van der Waals surface area (Å²) in [6, 6.07) is 3.81. The molecule has 1 aromatic rings. The van der Waals surface area contributed by atoms with Crippen molar-refractivity contribution in [2.24, 2.45) is 0 Å². The van der Waals surface area contributed by atoms with Gasteiger partial charge in [-0.1, -0.05) is 44.7 Å². The van der Waals surface area contributed by atoms with Gasteiger partial charge in [-0.15, -0.1) is 0 Å². The molecule has 1 rings (SSSR count). The molecule has 22 heavy (non-hydrogen) atoms. The van der Waals surface area contributed by atoms with E-state index in [4.69, 9.17) is 11.6 Å². The molecule has 0 bridgehead atoms. The van der Waals surface area contributed by atoms with Crippen LogP contribution >= 0.6 is 11.6 Å². The van der Waals surface area contributed by atoms with Gasteiger partial charge in [-0.3, -0.25) is 9.78 Å². The second kappa shape index (κ2) is 10.6. The molecule has 0 radical (unpaired) electrons. The second-order valence-electron chi connectivity index (χ2n) is 4.15. The van der Waals surface area contributed by atoms with Crippen molar-refractivity contribution < 1.29 is 4.79 Å². The summed E-state index contributed by atoms with van der Waals surface area (Å²) in [5.41, 5.74) is 2.83. The largest absolute Gasteiger partial charge is 0.347 e. The van der Waals surface area contributed by atoms with Crippen molar-refractivity contribution in [3.05, 3.63) is 71.7 Å². The van der Waals surface area contributed by atoms with Crippen molar-refractivity contribution in [3.8, 4) is 0 Å². The number of allylic oxidation sites excluding steroid dienone is 6. The lowest BCUT2D eigenvalue weighted by atomic mass is 10.1. The normalized spacial score (nSPS) is 11.6. The predicted octanol–water partition coefficient (Wildman–Crippen LogP) is 4.88. The van der Waals surface area contributed by atoms with Gasteiger partial charge >= 0.3 is 0 Å². The number of halogens is 1. The summed E-state index contributed by atoms with van der Waals surface area (Å²) in [4.78, 5) is 17.1. The molecule has 0 unspecified atom stereocenters. The number of anilines is 1. The number of aldehydes is 1. The molecule has 118 valence electrons. The Labute approximate surface area is 138 Å². The predicted molar refractivity (Wildman–Crippen MR) is 96.0 cm³/mol. The molecule has 0 aliphatic heterocycles. The van der Waals surface area contributed by atoms with Crippen LogP contribution < -0.4 is 4.90 Å². The molecule has 0 spiro atoms. The Bertz CT molecular complexity index is 574. The maximum Gasteiger partial charge on any atom is 0.152 e. The van der Waals surface area contributed by atoms with E-state index < -0.39 is 0 Å². The van der Waals surface area contributed by atoms with E-state index in [-0.39, 0.29) is 5.03 Å². The van der Waals surface area contributed by atoms with Gasteiger partial charge in [-0.05, 0) is 30.7 Å². The first kappa shape index (κ1) is 19.9. The van der Waals surface area contributed by atoms with E-state index >= 15 is 0 Å². The van der Waals surface area contributed by atoms with Crippen LogP contribution in [0.15, 0.2) is 71.7 Å². The van der Waals surface area contributed by atoms with Gasteiger partial charge in [0.05, 0.1) is 11.9 Å². The molecule has 0 atom stereocenters. The average molecular weight is 319 g/mol. The van der Waals surface area contributed by atoms with Gasteiger partial charge in [0.15, 0.2) is 6.29 Å². The Kier molecular flexibility index (Phi) is 9.55. The van der Waals surface area contributed by atoms with Crippen LogP contribution in [0.1, 0.15) is 20.8 Å². The Morgan fingerprint density at radius 2 is 2.05 bits per heavy atom. The fourth-order valence-electron chi connectivity index (χ4n) is 1.61. The number of hydrogen-bond donors (Lipinski definition) is 0. The maximum absolute atomic E-state index is 11.1. The minimum atomic E-state index is 0.197. The van der Waals surface area contributed by atoms with Crippen molar-refractivity contribution >= 4 is 23.6 Å². The summed E-state index contributed by atoms with van der Waals surface area (Å²) in [5.74, 6) is 0. The highest BCUT2D eigenvalue weighted by molar-refractivity contribution is 6.34. The van der Waals surface area contributed by atoms with Crippen LogP contribution in [0.4, 0.5) is 5.69 Å². The Hall–Kier alpha value is -2.13. The molecule has 1 heterocycles. The van der Waals surface area contributed by atoms with Gasteiger partial charge in [0.25, 0.3) is 0 Å². The fraction of sp³-hybridized carbons (Fsp3) is 0.222. The zero-order valence-electron chi connectivity index (χ0n) is 13.6. The molecule has 3 nitrogen and oxygen atoms in total. The summed E-state index contributed by atoms with van der Waals surface area (Å²) < 4.78 is 0. The molecule has 0 saturated heterocycles. The summed E-state index contributed by atoms with van der Waals surface area (Å²) >= 11 is 5.81. The van der Waals surface area contributed by atoms with Gasteiger partial charge in [0.1, 0.15) is 0 Å². The highest BCUT2D eigenvalue weighted by Gasteiger charge is 2.07. The molecule has 0 aromatic carbocycles. The maximum atomic E-state index is 11.1. The van der Waals surface area contributed by atoms with E-state index in [1.54, 1.807) is 18.5 Å². The molecular formula is C18H23ClN2O. The van der Waals surface area contributed by atoms with Gasteiger partial charge in [-0.25, -0.2) is 0 Å². The van der Waals surface area contributed by atoms with Crippen molar-refractivity contribution in [2.45, 2.75) is 20.8 Å². The van der Waals surface area contributed by atoms with Crippen LogP contribution in [-0.2, 0) is 4.79 Å². The minimum Gasteiger partial charge on any atom is -0.347 e. The standard InChI is InChI=1S/C16H17ClN2O.C2H6/c1-5-14(16(11-20)13(3)17)9-12(2)19(4)15-7-6-8-18-10-15;1-2/h5-11H,1,3H2,2,4H3;1-2H3/b12-9-,16-14+;. The monoisotopic (exact) mass is 318 g/mol. The first-order chi connectivity index (χ1) is 10.5. The highest BCUT2D eigenvalue weighted by Crippen LogP contribution is 2.21. The molecule has 4 heteroatoms. The number of pyridine rings is 1. The molecular weight excluding hydrogens is 296 g/mol. The van der Waals surface area contributed by atoms with E-state index in [1.807, 2.05) is 50.9 Å². The van der Waals surface area contributed by atoms with E-state index in [0.29, 0.717) is 17.4 Å². The van der Waals surface area contributed by atoms with Crippen LogP contribution in [0, 0.1) is 0 Å². The number of nitrogens with zero attached hydrogens (tertiary/aromatic N) is 2. The van der Waals surface area contributed by atoms with Gasteiger partial charge in [0.2, 0.25) is 0 Å². The van der Waals surface area contributed by atoms with Crippen molar-refractivity contribution in [2.75, 3.05) is 11.9 Å². The third kappa shape index (κ3) is 5.70. The summed E-state index contributed by atoms with van der Waals surface area (Å²) in [6.45, 7) is 13.2. The van der Waals surface area contributed by atoms with Crippen molar-refractivity contribution in [1.29, 1.82) is 0 Å². The number of carbonyl (C=O) groups excluding carboxylic acids is 1. The van der Waals surface area contributed by atoms with Crippen LogP contribution in [0.3, 0.4) is 0 Å². The van der Waals surface area contributed by atoms with E-state index in [9.17, 15) is 4.79 Å². The molecule has 0 aliphatic rings. The summed E-state index contributed by atoms with van der Waals surface area (Å²) in [7, 11) is 1.92. The highest BCUT2D eigenvalue weighted by atomic mass is 35.5. The lowest BCUT2D eigenvalue weighted by molar-refractivity contribution is -0.104. The van der Waals surface area contributed by atoms with E-state index in [2.05, 4.69) is 18.1 Å². The average Bonchev–Trinajstić information content (AvgIpc) is 2.56. The molecule has 0 aliphatic carbocycles. The number of aromatic nitrogens is 1. The van der Waals surface area contributed by atoms with Gasteiger partial charge in [0, 0.05) is 29.5 Å². The zero-order chi connectivity index (χ0) is 17.1. The third-order valence-electron chi connectivity index (χ3n) is 2.87. The Morgan fingerprint density at radius 1 is 1.41 bits per heavy atom. The first-order valence-electron chi connectivity index (χ1n) is 7.00. The SMILES string of the molecule is C=CC(/C=C(/C)N(C)c1cccnc1)=C(/C=O)C(=C)Cl.CC. The minimum absolute atomic E-state index is 0.197. The van der Waals surface area contributed by atoms with Gasteiger partial charge in [-0.2, -0.15) is 0 Å². The molecule has 1 aromatic heterocycles. The summed E-state index contributed by atoms with van der Waals surface area (Å²) in [6.07, 6.45) is 7.57. The lowest BCUT2D eigenvalue weighted by Gasteiger charge is -2.20. The summed E-state index contributed by atoms with van der Waals surface area (Å²) in [5, 5.41) is 0.197. The second-order valence-corrected chi connectivity index (χ2v) is 4.61. The Morgan fingerprint density at radius 3 is 2.45 bits per heavy atom. The van der Waals surface area contributed by atoms with Gasteiger partial charge < -0.3 is 4.90 Å². The number of rotatable bonds is 6. The quantitative estimate of drug-likeness (QED) is 0.425. The molecule has 0 amide bonds. The van der Waals surface area contributed by atoms with Crippen LogP contribution in [0.5, 0.6) is 0 Å². The first-order valence-corrected chi connectivity index (χ1v) is 7.37. The smallest absolute Gasteiger partial charge is 0.152 e. The fourth-order valence-corrected chi connectivity index (χ4v) is 1.77. The molecule has 0 N–H and O–H groups in total. The molecule has 0 fully saturated rings. The Balaban J connectivity index is 0.00000211. The zero-order valence-corrected chi connectivity index (χ0v) is 14.4. The van der Waals surface area contributed by atoms with Crippen molar-refractivity contribution in [1.82, 2.24) is 4.98 Å².